The lowest BCUT2D eigenvalue weighted by molar-refractivity contribution is 0.429. The van der Waals surface area contributed by atoms with E-state index < -0.39 is 0 Å². The van der Waals surface area contributed by atoms with Crippen molar-refractivity contribution < 1.29 is 0 Å². The third kappa shape index (κ3) is 16.1. The van der Waals surface area contributed by atoms with Crippen LogP contribution in [0, 0.1) is 0 Å². The van der Waals surface area contributed by atoms with Crippen molar-refractivity contribution in [2.45, 2.75) is 105 Å². The summed E-state index contributed by atoms with van der Waals surface area (Å²) in [6, 6.07) is 0. The van der Waals surface area contributed by atoms with Crippen LogP contribution >= 0.6 is 22.0 Å². The van der Waals surface area contributed by atoms with Gasteiger partial charge in [-0.25, -0.2) is 8.61 Å². The van der Waals surface area contributed by atoms with Gasteiger partial charge in [0.1, 0.15) is 0 Å². The molecule has 0 amide bonds. The second-order valence-corrected chi connectivity index (χ2v) is 9.06. The zero-order valence-corrected chi connectivity index (χ0v) is 18.7. The Bertz CT molecular complexity index is 196. The van der Waals surface area contributed by atoms with Crippen LogP contribution in [-0.2, 0) is 0 Å². The van der Waals surface area contributed by atoms with Crippen molar-refractivity contribution in [3.05, 3.63) is 0 Å². The summed E-state index contributed by atoms with van der Waals surface area (Å²) < 4.78 is 5.26. The molecule has 0 aromatic heterocycles. The van der Waals surface area contributed by atoms with Gasteiger partial charge in [-0.3, -0.25) is 0 Å². The average Bonchev–Trinajstić information content (AvgIpc) is 2.59. The van der Waals surface area contributed by atoms with E-state index in [0.717, 1.165) is 0 Å². The van der Waals surface area contributed by atoms with Gasteiger partial charge >= 0.3 is 0 Å². The predicted molar refractivity (Wildman–Crippen MR) is 116 cm³/mol. The summed E-state index contributed by atoms with van der Waals surface area (Å²) in [6.07, 6.45) is 16.1. The maximum absolute atomic E-state index is 2.63. The highest BCUT2D eigenvalue weighted by Crippen LogP contribution is 2.31. The molecule has 24 heavy (non-hydrogen) atoms. The van der Waals surface area contributed by atoms with Crippen LogP contribution in [0.15, 0.2) is 0 Å². The molecule has 0 atom stereocenters. The Morgan fingerprint density at radius 1 is 0.417 bits per heavy atom. The number of unbranched alkanes of at least 4 members (excludes halogenated alkanes) is 8. The predicted octanol–water partition coefficient (Wildman–Crippen LogP) is 7.56. The van der Waals surface area contributed by atoms with Crippen molar-refractivity contribution in [2.24, 2.45) is 0 Å². The second kappa shape index (κ2) is 19.9. The van der Waals surface area contributed by atoms with Crippen molar-refractivity contribution in [3.8, 4) is 0 Å². The molecule has 0 rings (SSSR count). The van der Waals surface area contributed by atoms with Gasteiger partial charge in [-0.15, -0.1) is 0 Å². The van der Waals surface area contributed by atoms with E-state index in [1.165, 1.54) is 103 Å². The standard InChI is InChI=1S/C20H44N2S2/c1-5-9-13-17-21(18-14-10-6-2)23-24-22(19-15-11-7-3)20-16-12-8-4/h5-20H2,1-4H3. The van der Waals surface area contributed by atoms with Crippen LogP contribution in [0.1, 0.15) is 105 Å². The molecule has 0 aliphatic heterocycles. The second-order valence-electron chi connectivity index (χ2n) is 6.84. The van der Waals surface area contributed by atoms with Crippen LogP contribution in [0.5, 0.6) is 0 Å². The lowest BCUT2D eigenvalue weighted by Gasteiger charge is -2.25. The fourth-order valence-electron chi connectivity index (χ4n) is 2.62. The molecule has 0 spiro atoms. The molecular weight excluding hydrogens is 332 g/mol. The third-order valence-corrected chi connectivity index (χ3v) is 6.97. The third-order valence-electron chi connectivity index (χ3n) is 4.29. The molecule has 0 unspecified atom stereocenters. The fraction of sp³-hybridized carbons (Fsp3) is 1.00. The van der Waals surface area contributed by atoms with Gasteiger partial charge in [0.25, 0.3) is 0 Å². The molecule has 2 nitrogen and oxygen atoms in total. The zero-order valence-electron chi connectivity index (χ0n) is 17.0. The van der Waals surface area contributed by atoms with Crippen molar-refractivity contribution in [1.29, 1.82) is 0 Å². The first-order valence-corrected chi connectivity index (χ1v) is 12.7. The normalized spacial score (nSPS) is 11.8. The summed E-state index contributed by atoms with van der Waals surface area (Å²) in [4.78, 5) is 0. The van der Waals surface area contributed by atoms with Crippen LogP contribution in [0.25, 0.3) is 0 Å². The Kier molecular flexibility index (Phi) is 20.5. The molecular formula is C20H44N2S2. The van der Waals surface area contributed by atoms with Crippen molar-refractivity contribution >= 4 is 22.0 Å². The van der Waals surface area contributed by atoms with Crippen LogP contribution in [0.2, 0.25) is 0 Å². The minimum atomic E-state index is 1.26. The quantitative estimate of drug-likeness (QED) is 0.130. The van der Waals surface area contributed by atoms with Crippen molar-refractivity contribution in [3.63, 3.8) is 0 Å². The number of nitrogens with zero attached hydrogens (tertiary/aromatic N) is 2. The highest BCUT2D eigenvalue weighted by Gasteiger charge is 2.11. The molecule has 0 radical (unpaired) electrons. The molecule has 0 aromatic rings. The Hall–Kier alpha value is 0.620. The average molecular weight is 377 g/mol. The molecule has 0 N–H and O–H groups in total. The summed E-state index contributed by atoms with van der Waals surface area (Å²) in [5.74, 6) is 0. The number of hydrogen-bond acceptors (Lipinski definition) is 4. The Balaban J connectivity index is 4.21. The van der Waals surface area contributed by atoms with E-state index in [4.69, 9.17) is 0 Å². The molecule has 0 fully saturated rings. The fourth-order valence-corrected chi connectivity index (χ4v) is 5.08. The minimum absolute atomic E-state index is 1.26. The van der Waals surface area contributed by atoms with Crippen LogP contribution in [-0.4, -0.2) is 34.8 Å². The summed E-state index contributed by atoms with van der Waals surface area (Å²) in [5.41, 5.74) is 0. The van der Waals surface area contributed by atoms with Gasteiger partial charge in [-0.05, 0) is 25.7 Å². The van der Waals surface area contributed by atoms with Gasteiger partial charge in [-0.1, -0.05) is 79.1 Å². The van der Waals surface area contributed by atoms with Crippen LogP contribution in [0.3, 0.4) is 0 Å². The van der Waals surface area contributed by atoms with E-state index >= 15 is 0 Å². The lowest BCUT2D eigenvalue weighted by atomic mass is 10.2. The monoisotopic (exact) mass is 376 g/mol. The summed E-state index contributed by atoms with van der Waals surface area (Å²) in [5, 5.41) is 0. The molecule has 0 bridgehead atoms. The molecule has 0 saturated heterocycles. The first-order valence-electron chi connectivity index (χ1n) is 10.6. The van der Waals surface area contributed by atoms with Crippen molar-refractivity contribution in [1.82, 2.24) is 8.61 Å². The maximum Gasteiger partial charge on any atom is 0.00976 e. The van der Waals surface area contributed by atoms with Gasteiger partial charge in [0.2, 0.25) is 0 Å². The van der Waals surface area contributed by atoms with E-state index in [2.05, 4.69) is 36.3 Å². The topological polar surface area (TPSA) is 6.48 Å². The van der Waals surface area contributed by atoms with Gasteiger partial charge in [0, 0.05) is 48.1 Å². The summed E-state index contributed by atoms with van der Waals surface area (Å²) in [7, 11) is 4.05. The molecule has 4 heteroatoms. The molecule has 146 valence electrons. The Morgan fingerprint density at radius 2 is 0.667 bits per heavy atom. The van der Waals surface area contributed by atoms with E-state index in [-0.39, 0.29) is 0 Å². The number of hydrogen-bond donors (Lipinski definition) is 0. The van der Waals surface area contributed by atoms with Gasteiger partial charge < -0.3 is 0 Å². The smallest absolute Gasteiger partial charge is 0.00976 e. The van der Waals surface area contributed by atoms with Crippen LogP contribution in [0.4, 0.5) is 0 Å². The summed E-state index contributed by atoms with van der Waals surface area (Å²) >= 11 is 0. The van der Waals surface area contributed by atoms with Gasteiger partial charge in [0.15, 0.2) is 0 Å². The highest BCUT2D eigenvalue weighted by atomic mass is 33.1. The lowest BCUT2D eigenvalue weighted by Crippen LogP contribution is -2.22. The first kappa shape index (κ1) is 24.6. The van der Waals surface area contributed by atoms with Crippen LogP contribution < -0.4 is 0 Å². The Morgan fingerprint density at radius 3 is 0.875 bits per heavy atom. The van der Waals surface area contributed by atoms with E-state index in [1.807, 2.05) is 22.0 Å². The molecule has 0 aliphatic rings. The van der Waals surface area contributed by atoms with Gasteiger partial charge in [0.05, 0.1) is 0 Å². The highest BCUT2D eigenvalue weighted by molar-refractivity contribution is 8.74. The van der Waals surface area contributed by atoms with Gasteiger partial charge in [-0.2, -0.15) is 0 Å². The molecule has 0 aromatic carbocycles. The molecule has 0 saturated carbocycles. The molecule has 0 aliphatic carbocycles. The SMILES string of the molecule is CCCCCN(CCCCC)SSN(CCCCC)CCCCC. The zero-order chi connectivity index (χ0) is 17.9. The minimum Gasteiger partial charge on any atom is -0.240 e. The van der Waals surface area contributed by atoms with E-state index in [0.29, 0.717) is 0 Å². The largest absolute Gasteiger partial charge is 0.240 e. The van der Waals surface area contributed by atoms with E-state index in [1.54, 1.807) is 0 Å². The summed E-state index contributed by atoms with van der Waals surface area (Å²) in [6.45, 7) is 14.2. The first-order chi connectivity index (χ1) is 11.8. The van der Waals surface area contributed by atoms with Crippen molar-refractivity contribution in [2.75, 3.05) is 26.2 Å². The Labute approximate surface area is 161 Å². The van der Waals surface area contributed by atoms with E-state index in [9.17, 15) is 0 Å². The maximum atomic E-state index is 2.63. The molecule has 0 heterocycles. The number of rotatable bonds is 19.